The molecule has 1 rings (SSSR count). The van der Waals surface area contributed by atoms with Gasteiger partial charge in [-0.2, -0.15) is 0 Å². The summed E-state index contributed by atoms with van der Waals surface area (Å²) in [5.41, 5.74) is 6.59. The van der Waals surface area contributed by atoms with Gasteiger partial charge in [-0.25, -0.2) is 0 Å². The lowest BCUT2D eigenvalue weighted by molar-refractivity contribution is -0.141. The molecule has 1 aromatic rings. The van der Waals surface area contributed by atoms with Crippen molar-refractivity contribution in [2.24, 2.45) is 17.6 Å². The van der Waals surface area contributed by atoms with Crippen LogP contribution in [0.1, 0.15) is 52.5 Å². The first-order valence-corrected chi connectivity index (χ1v) is 8.92. The van der Waals surface area contributed by atoms with E-state index in [0.29, 0.717) is 24.9 Å². The normalized spacial score (nSPS) is 16.6. The second-order valence-corrected chi connectivity index (χ2v) is 7.47. The van der Waals surface area contributed by atoms with E-state index in [1.54, 1.807) is 0 Å². The number of nitrogens with two attached hydrogens (primary N) is 1. The van der Waals surface area contributed by atoms with E-state index >= 15 is 0 Å². The molecular formula is C20H33NO3. The summed E-state index contributed by atoms with van der Waals surface area (Å²) in [6.07, 6.45) is 3.14. The summed E-state index contributed by atoms with van der Waals surface area (Å²) < 4.78 is 6.14. The van der Waals surface area contributed by atoms with Crippen molar-refractivity contribution in [2.75, 3.05) is 6.61 Å². The number of hydrogen-bond donors (Lipinski definition) is 2. The summed E-state index contributed by atoms with van der Waals surface area (Å²) in [5, 5.41) is 9.17. The fraction of sp³-hybridized carbons (Fsp3) is 0.650. The van der Waals surface area contributed by atoms with Gasteiger partial charge in [0.25, 0.3) is 0 Å². The third-order valence-electron chi connectivity index (χ3n) is 4.40. The molecule has 0 aliphatic rings. The quantitative estimate of drug-likeness (QED) is 0.644. The van der Waals surface area contributed by atoms with Gasteiger partial charge in [0.05, 0.1) is 5.60 Å². The lowest BCUT2D eigenvalue weighted by Crippen LogP contribution is -2.43. The zero-order valence-corrected chi connectivity index (χ0v) is 15.5. The summed E-state index contributed by atoms with van der Waals surface area (Å²) in [6, 6.07) is 9.51. The lowest BCUT2D eigenvalue weighted by Gasteiger charge is -2.35. The maximum atomic E-state index is 11.2. The molecule has 0 bridgehead atoms. The first-order valence-electron chi connectivity index (χ1n) is 8.92. The van der Waals surface area contributed by atoms with Gasteiger partial charge in [-0.05, 0) is 37.2 Å². The summed E-state index contributed by atoms with van der Waals surface area (Å²) in [5.74, 6) is -0.129. The Morgan fingerprint density at radius 3 is 2.38 bits per heavy atom. The largest absolute Gasteiger partial charge is 0.480 e. The van der Waals surface area contributed by atoms with Crippen molar-refractivity contribution >= 4 is 5.97 Å². The molecule has 136 valence electrons. The molecule has 3 N–H and O–H groups in total. The Balaban J connectivity index is 2.81. The number of ether oxygens (including phenoxy) is 1. The van der Waals surface area contributed by atoms with Gasteiger partial charge in [-0.3, -0.25) is 4.79 Å². The minimum atomic E-state index is -0.967. The van der Waals surface area contributed by atoms with E-state index in [9.17, 15) is 4.79 Å². The summed E-state index contributed by atoms with van der Waals surface area (Å²) >= 11 is 0. The van der Waals surface area contributed by atoms with Crippen molar-refractivity contribution < 1.29 is 14.6 Å². The number of benzene rings is 1. The predicted octanol–water partition coefficient (Wildman–Crippen LogP) is 3.88. The number of hydrogen-bond acceptors (Lipinski definition) is 3. The van der Waals surface area contributed by atoms with Crippen LogP contribution in [0.15, 0.2) is 30.3 Å². The molecule has 24 heavy (non-hydrogen) atoms. The Kier molecular flexibility index (Phi) is 8.43. The van der Waals surface area contributed by atoms with Crippen LogP contribution in [-0.4, -0.2) is 29.3 Å². The number of carboxylic acid groups (broad SMARTS) is 1. The minimum absolute atomic E-state index is 0.334. The molecule has 0 amide bonds. The maximum Gasteiger partial charge on any atom is 0.320 e. The second kappa shape index (κ2) is 9.80. The molecule has 0 spiro atoms. The summed E-state index contributed by atoms with van der Waals surface area (Å²) in [6.45, 7) is 8.99. The Hall–Kier alpha value is -1.39. The van der Waals surface area contributed by atoms with Crippen molar-refractivity contribution in [3.8, 4) is 0 Å². The molecule has 4 nitrogen and oxygen atoms in total. The highest BCUT2D eigenvalue weighted by Crippen LogP contribution is 2.30. The first kappa shape index (κ1) is 20.7. The molecular weight excluding hydrogens is 302 g/mol. The van der Waals surface area contributed by atoms with Crippen LogP contribution in [0.5, 0.6) is 0 Å². The average Bonchev–Trinajstić information content (AvgIpc) is 2.53. The number of rotatable bonds is 11. The maximum absolute atomic E-state index is 11.2. The van der Waals surface area contributed by atoms with Crippen molar-refractivity contribution in [2.45, 2.75) is 65.0 Å². The highest BCUT2D eigenvalue weighted by molar-refractivity contribution is 5.73. The van der Waals surface area contributed by atoms with Gasteiger partial charge < -0.3 is 15.6 Å². The van der Waals surface area contributed by atoms with Gasteiger partial charge in [0.2, 0.25) is 0 Å². The van der Waals surface area contributed by atoms with Gasteiger partial charge in [0.1, 0.15) is 6.04 Å². The number of carboxylic acids is 1. The first-order chi connectivity index (χ1) is 11.3. The van der Waals surface area contributed by atoms with E-state index in [4.69, 9.17) is 15.6 Å². The zero-order chi connectivity index (χ0) is 18.2. The highest BCUT2D eigenvalue weighted by Gasteiger charge is 2.33. The third kappa shape index (κ3) is 7.45. The molecule has 0 aliphatic carbocycles. The molecule has 0 fully saturated rings. The summed E-state index contributed by atoms with van der Waals surface area (Å²) in [7, 11) is 0. The predicted molar refractivity (Wildman–Crippen MR) is 98.0 cm³/mol. The molecule has 1 aromatic carbocycles. The molecule has 0 aliphatic heterocycles. The van der Waals surface area contributed by atoms with E-state index in [0.717, 1.165) is 19.3 Å². The van der Waals surface area contributed by atoms with Crippen molar-refractivity contribution in [3.05, 3.63) is 35.9 Å². The van der Waals surface area contributed by atoms with E-state index in [1.165, 1.54) is 5.56 Å². The van der Waals surface area contributed by atoms with Crippen molar-refractivity contribution in [3.63, 3.8) is 0 Å². The Morgan fingerprint density at radius 2 is 1.88 bits per heavy atom. The lowest BCUT2D eigenvalue weighted by atomic mass is 9.82. The summed E-state index contributed by atoms with van der Waals surface area (Å²) in [4.78, 5) is 11.2. The SMILES string of the molecule is CC[C@H](Cc1ccccc1)C[C@@](C)(CC(N)C(=O)O)OCC(C)C. The smallest absolute Gasteiger partial charge is 0.320 e. The van der Waals surface area contributed by atoms with Crippen LogP contribution in [0.3, 0.4) is 0 Å². The monoisotopic (exact) mass is 335 g/mol. The minimum Gasteiger partial charge on any atom is -0.480 e. The van der Waals surface area contributed by atoms with Gasteiger partial charge in [0.15, 0.2) is 0 Å². The van der Waals surface area contributed by atoms with Gasteiger partial charge in [-0.15, -0.1) is 0 Å². The standard InChI is InChI=1S/C20H33NO3/c1-5-16(11-17-9-7-6-8-10-17)12-20(4,24-14-15(2)3)13-18(21)19(22)23/h6-10,15-16,18H,5,11-14,21H2,1-4H3,(H,22,23)/t16-,18?,20+/m1/s1. The van der Waals surface area contributed by atoms with Gasteiger partial charge in [0, 0.05) is 13.0 Å². The Morgan fingerprint density at radius 1 is 1.25 bits per heavy atom. The molecule has 0 aromatic heterocycles. The fourth-order valence-electron chi connectivity index (χ4n) is 3.04. The number of aliphatic carboxylic acids is 1. The number of carbonyl (C=O) groups is 1. The van der Waals surface area contributed by atoms with E-state index in [2.05, 4.69) is 45.0 Å². The zero-order valence-electron chi connectivity index (χ0n) is 15.5. The van der Waals surface area contributed by atoms with Crippen molar-refractivity contribution in [1.82, 2.24) is 0 Å². The third-order valence-corrected chi connectivity index (χ3v) is 4.40. The van der Waals surface area contributed by atoms with Crippen LogP contribution < -0.4 is 5.73 Å². The van der Waals surface area contributed by atoms with Crippen LogP contribution in [-0.2, 0) is 16.0 Å². The van der Waals surface area contributed by atoms with Crippen molar-refractivity contribution in [1.29, 1.82) is 0 Å². The van der Waals surface area contributed by atoms with E-state index < -0.39 is 17.6 Å². The Labute approximate surface area is 146 Å². The second-order valence-electron chi connectivity index (χ2n) is 7.47. The molecule has 1 unspecified atom stereocenters. The topological polar surface area (TPSA) is 72.6 Å². The van der Waals surface area contributed by atoms with Gasteiger partial charge in [-0.1, -0.05) is 57.5 Å². The Bertz CT molecular complexity index is 489. The van der Waals surface area contributed by atoms with Crippen LogP contribution in [0.4, 0.5) is 0 Å². The molecule has 0 saturated heterocycles. The highest BCUT2D eigenvalue weighted by atomic mass is 16.5. The molecule has 3 atom stereocenters. The molecule has 0 heterocycles. The average molecular weight is 335 g/mol. The molecule has 4 heteroatoms. The van der Waals surface area contributed by atoms with Crippen LogP contribution >= 0.6 is 0 Å². The van der Waals surface area contributed by atoms with E-state index in [-0.39, 0.29) is 0 Å². The molecule has 0 radical (unpaired) electrons. The van der Waals surface area contributed by atoms with Crippen LogP contribution in [0.2, 0.25) is 0 Å². The molecule has 0 saturated carbocycles. The van der Waals surface area contributed by atoms with Gasteiger partial charge >= 0.3 is 5.97 Å². The van der Waals surface area contributed by atoms with Crippen LogP contribution in [0, 0.1) is 11.8 Å². The van der Waals surface area contributed by atoms with E-state index in [1.807, 2.05) is 13.0 Å². The fourth-order valence-corrected chi connectivity index (χ4v) is 3.04. The van der Waals surface area contributed by atoms with Crippen LogP contribution in [0.25, 0.3) is 0 Å².